The van der Waals surface area contributed by atoms with Gasteiger partial charge in [-0.25, -0.2) is 0 Å². The molecule has 0 bridgehead atoms. The van der Waals surface area contributed by atoms with E-state index in [1.807, 2.05) is 16.7 Å². The number of carbonyl (C=O) groups excluding carboxylic acids is 2. The Morgan fingerprint density at radius 3 is 2.73 bits per heavy atom. The quantitative estimate of drug-likeness (QED) is 0.409. The largest absolute Gasteiger partial charge is 0.385 e. The van der Waals surface area contributed by atoms with Crippen molar-refractivity contribution in [2.24, 2.45) is 11.8 Å². The maximum absolute atomic E-state index is 14.3. The molecule has 2 fully saturated rings. The highest BCUT2D eigenvalue weighted by atomic mass is 32.2. The average molecular weight is 535 g/mol. The number of nitrogens with one attached hydrogen (secondary N) is 1. The first-order chi connectivity index (χ1) is 18.0. The number of allylic oxidation sites excluding steroid dienone is 1. The monoisotopic (exact) mass is 534 g/mol. The maximum Gasteiger partial charge on any atom is 0.245 e. The number of carbonyl (C=O) groups is 2. The molecule has 0 spiro atoms. The Kier molecular flexibility index (Phi) is 10.8. The minimum atomic E-state index is -0.159. The van der Waals surface area contributed by atoms with Crippen LogP contribution in [0, 0.1) is 11.8 Å². The van der Waals surface area contributed by atoms with E-state index in [4.69, 9.17) is 9.47 Å². The van der Waals surface area contributed by atoms with Gasteiger partial charge < -0.3 is 29.5 Å². The number of thioether (sulfide) groups is 1. The first kappa shape index (κ1) is 28.5. The molecule has 0 saturated carbocycles. The lowest BCUT2D eigenvalue weighted by Crippen LogP contribution is -2.58. The van der Waals surface area contributed by atoms with Crippen LogP contribution in [0.25, 0.3) is 0 Å². The molecule has 2 saturated heterocycles. The topological polar surface area (TPSA) is 74.4 Å². The Balaban J connectivity index is 1.46. The Bertz CT molecular complexity index is 821. The van der Waals surface area contributed by atoms with Crippen LogP contribution in [0.1, 0.15) is 46.0 Å². The number of nitrogens with zero attached hydrogens (tertiary/aromatic N) is 3. The summed E-state index contributed by atoms with van der Waals surface area (Å²) in [5.41, 5.74) is 1.32. The number of rotatable bonds is 11. The summed E-state index contributed by atoms with van der Waals surface area (Å²) in [5, 5.41) is 6.09. The highest BCUT2D eigenvalue weighted by Gasteiger charge is 2.41. The zero-order valence-electron chi connectivity index (χ0n) is 22.9. The smallest absolute Gasteiger partial charge is 0.245 e. The molecule has 4 aliphatic heterocycles. The summed E-state index contributed by atoms with van der Waals surface area (Å²) in [6.07, 6.45) is 9.06. The van der Waals surface area contributed by atoms with Gasteiger partial charge in [0.05, 0.1) is 24.4 Å². The second kappa shape index (κ2) is 14.0. The Morgan fingerprint density at radius 1 is 1.22 bits per heavy atom. The first-order valence-corrected chi connectivity index (χ1v) is 15.1. The summed E-state index contributed by atoms with van der Waals surface area (Å²) < 4.78 is 10.7. The van der Waals surface area contributed by atoms with Crippen LogP contribution in [0.15, 0.2) is 23.3 Å². The third-order valence-corrected chi connectivity index (χ3v) is 8.96. The van der Waals surface area contributed by atoms with Gasteiger partial charge in [0.2, 0.25) is 11.8 Å². The van der Waals surface area contributed by atoms with E-state index in [0.29, 0.717) is 50.6 Å². The van der Waals surface area contributed by atoms with E-state index in [0.717, 1.165) is 51.8 Å². The number of piperidine rings is 1. The number of ether oxygens (including phenoxy) is 2. The Labute approximate surface area is 227 Å². The van der Waals surface area contributed by atoms with Crippen molar-refractivity contribution >= 4 is 23.6 Å². The van der Waals surface area contributed by atoms with E-state index in [1.54, 1.807) is 7.11 Å². The molecule has 4 atom stereocenters. The summed E-state index contributed by atoms with van der Waals surface area (Å²) in [6.45, 7) is 10.7. The fourth-order valence-electron chi connectivity index (χ4n) is 5.99. The highest BCUT2D eigenvalue weighted by molar-refractivity contribution is 8.03. The van der Waals surface area contributed by atoms with Crippen LogP contribution >= 0.6 is 11.8 Å². The third-order valence-electron chi connectivity index (χ3n) is 7.84. The lowest BCUT2D eigenvalue weighted by atomic mass is 9.92. The first-order valence-electron chi connectivity index (χ1n) is 14.1. The van der Waals surface area contributed by atoms with Gasteiger partial charge in [0.15, 0.2) is 0 Å². The molecule has 0 aromatic heterocycles. The standard InChI is InChI=1S/C28H46N4O4S/c1-21(2)20-32(23-17-22(18-29-19-23)27(33)30-11-14-36-15-12-30)28(34)25-9-8-24(26-7-6-16-37-26)31(25)10-4-5-13-35-3/h6,8,16,21-23,25-26,29H,4-5,7,9-15,17-20H2,1-3H3/t22-,23+,25?,26?/m1/s1. The number of hydrogen-bond donors (Lipinski definition) is 1. The number of methoxy groups -OCH3 is 1. The van der Waals surface area contributed by atoms with Crippen molar-refractivity contribution in [2.75, 3.05) is 66.2 Å². The molecule has 2 unspecified atom stereocenters. The van der Waals surface area contributed by atoms with Crippen LogP contribution in [0.4, 0.5) is 0 Å². The molecule has 0 radical (unpaired) electrons. The molecule has 4 heterocycles. The van der Waals surface area contributed by atoms with Crippen LogP contribution in [0.2, 0.25) is 0 Å². The van der Waals surface area contributed by atoms with Gasteiger partial charge in [-0.1, -0.05) is 26.0 Å². The molecule has 37 heavy (non-hydrogen) atoms. The predicted octanol–water partition coefficient (Wildman–Crippen LogP) is 2.71. The number of hydrogen-bond acceptors (Lipinski definition) is 7. The van der Waals surface area contributed by atoms with Gasteiger partial charge in [-0.3, -0.25) is 9.59 Å². The van der Waals surface area contributed by atoms with Gasteiger partial charge >= 0.3 is 0 Å². The summed E-state index contributed by atoms with van der Waals surface area (Å²) >= 11 is 1.86. The minimum absolute atomic E-state index is 0.0283. The van der Waals surface area contributed by atoms with Crippen LogP contribution < -0.4 is 5.32 Å². The molecule has 4 aliphatic rings. The number of amides is 2. The fraction of sp³-hybridized carbons (Fsp3) is 0.786. The van der Waals surface area contributed by atoms with E-state index >= 15 is 0 Å². The molecular weight excluding hydrogens is 488 g/mol. The zero-order chi connectivity index (χ0) is 26.2. The summed E-state index contributed by atoms with van der Waals surface area (Å²) in [5.74, 6) is 0.683. The van der Waals surface area contributed by atoms with Crippen molar-refractivity contribution in [2.45, 2.75) is 63.3 Å². The van der Waals surface area contributed by atoms with Crippen molar-refractivity contribution in [1.82, 2.24) is 20.0 Å². The summed E-state index contributed by atoms with van der Waals surface area (Å²) in [4.78, 5) is 34.0. The Morgan fingerprint density at radius 2 is 2.03 bits per heavy atom. The van der Waals surface area contributed by atoms with E-state index < -0.39 is 0 Å². The van der Waals surface area contributed by atoms with Crippen molar-refractivity contribution in [3.05, 3.63) is 23.3 Å². The minimum Gasteiger partial charge on any atom is -0.385 e. The number of morpholine rings is 1. The van der Waals surface area contributed by atoms with Gasteiger partial charge in [0.25, 0.3) is 0 Å². The Hall–Kier alpha value is -1.55. The second-order valence-corrected chi connectivity index (χ2v) is 12.2. The van der Waals surface area contributed by atoms with E-state index in [2.05, 4.69) is 46.5 Å². The molecular formula is C28H46N4O4S. The van der Waals surface area contributed by atoms with Crippen molar-refractivity contribution in [3.8, 4) is 0 Å². The van der Waals surface area contributed by atoms with Crippen molar-refractivity contribution in [1.29, 1.82) is 0 Å². The molecule has 2 amide bonds. The van der Waals surface area contributed by atoms with Crippen LogP contribution in [0.5, 0.6) is 0 Å². The van der Waals surface area contributed by atoms with Gasteiger partial charge in [-0.2, -0.15) is 0 Å². The predicted molar refractivity (Wildman–Crippen MR) is 148 cm³/mol. The number of unbranched alkanes of at least 4 members (excludes halogenated alkanes) is 1. The van der Waals surface area contributed by atoms with Gasteiger partial charge in [0.1, 0.15) is 6.04 Å². The van der Waals surface area contributed by atoms with Crippen LogP contribution in [-0.4, -0.2) is 110 Å². The fourth-order valence-corrected chi connectivity index (χ4v) is 6.99. The van der Waals surface area contributed by atoms with Crippen LogP contribution in [-0.2, 0) is 19.1 Å². The van der Waals surface area contributed by atoms with Gasteiger partial charge in [0, 0.05) is 64.7 Å². The maximum atomic E-state index is 14.3. The molecule has 208 valence electrons. The van der Waals surface area contributed by atoms with Gasteiger partial charge in [-0.05, 0) is 43.4 Å². The molecule has 0 aliphatic carbocycles. The summed E-state index contributed by atoms with van der Waals surface area (Å²) in [6, 6.07) is -0.131. The molecule has 0 aromatic carbocycles. The lowest BCUT2D eigenvalue weighted by molar-refractivity contribution is -0.145. The highest BCUT2D eigenvalue weighted by Crippen LogP contribution is 2.37. The van der Waals surface area contributed by atoms with Crippen molar-refractivity contribution in [3.63, 3.8) is 0 Å². The zero-order valence-corrected chi connectivity index (χ0v) is 23.7. The van der Waals surface area contributed by atoms with Crippen molar-refractivity contribution < 1.29 is 19.1 Å². The molecule has 9 heteroatoms. The molecule has 8 nitrogen and oxygen atoms in total. The normalized spacial score (nSPS) is 28.2. The third kappa shape index (κ3) is 7.31. The molecule has 0 aromatic rings. The van der Waals surface area contributed by atoms with E-state index in [-0.39, 0.29) is 29.8 Å². The SMILES string of the molecule is COCCCCN1C(C2CC=CS2)=CCC1C(=O)N(CC(C)C)[C@@H]1CNC[C@H](C(=O)N2CCOCC2)C1. The van der Waals surface area contributed by atoms with Crippen LogP contribution in [0.3, 0.4) is 0 Å². The molecule has 4 rings (SSSR count). The second-order valence-electron chi connectivity index (χ2n) is 11.1. The van der Waals surface area contributed by atoms with E-state index in [1.165, 1.54) is 5.70 Å². The lowest BCUT2D eigenvalue weighted by Gasteiger charge is -2.42. The average Bonchev–Trinajstić information content (AvgIpc) is 3.59. The summed E-state index contributed by atoms with van der Waals surface area (Å²) in [7, 11) is 1.74. The molecule has 1 N–H and O–H groups in total. The van der Waals surface area contributed by atoms with Gasteiger partial charge in [-0.15, -0.1) is 11.8 Å². The van der Waals surface area contributed by atoms with E-state index in [9.17, 15) is 9.59 Å².